The quantitative estimate of drug-likeness (QED) is 0.877. The average molecular weight is 280 g/mol. The highest BCUT2D eigenvalue weighted by atomic mass is 15.0. The third-order valence-electron chi connectivity index (χ3n) is 4.32. The predicted molar refractivity (Wildman–Crippen MR) is 88.5 cm³/mol. The standard InChI is InChI=1S/C19H24N2/c1-14-3-7-16(8-4-14)18-11-12-20-13-19(21-18)17-9-5-15(2)6-10-17/h3-10,18-21H,11-13H2,1-2H3. The third-order valence-corrected chi connectivity index (χ3v) is 4.32. The topological polar surface area (TPSA) is 24.1 Å². The van der Waals surface area contributed by atoms with E-state index in [1.807, 2.05) is 0 Å². The van der Waals surface area contributed by atoms with E-state index < -0.39 is 0 Å². The van der Waals surface area contributed by atoms with Crippen molar-refractivity contribution in [3.63, 3.8) is 0 Å². The second-order valence-corrected chi connectivity index (χ2v) is 6.09. The first kappa shape index (κ1) is 14.3. The van der Waals surface area contributed by atoms with Crippen molar-refractivity contribution in [2.75, 3.05) is 13.1 Å². The fourth-order valence-corrected chi connectivity index (χ4v) is 2.95. The minimum absolute atomic E-state index is 0.374. The molecule has 2 unspecified atom stereocenters. The van der Waals surface area contributed by atoms with E-state index >= 15 is 0 Å². The molecule has 110 valence electrons. The highest BCUT2D eigenvalue weighted by Gasteiger charge is 2.21. The Hall–Kier alpha value is -1.64. The monoisotopic (exact) mass is 280 g/mol. The Morgan fingerprint density at radius 2 is 1.29 bits per heavy atom. The Morgan fingerprint density at radius 3 is 1.86 bits per heavy atom. The summed E-state index contributed by atoms with van der Waals surface area (Å²) in [6, 6.07) is 18.6. The lowest BCUT2D eigenvalue weighted by Gasteiger charge is -2.23. The van der Waals surface area contributed by atoms with Gasteiger partial charge in [-0.25, -0.2) is 0 Å². The zero-order valence-electron chi connectivity index (χ0n) is 12.9. The Kier molecular flexibility index (Phi) is 4.37. The van der Waals surface area contributed by atoms with Crippen molar-refractivity contribution in [1.29, 1.82) is 0 Å². The SMILES string of the molecule is Cc1ccc(C2CCNCC(c3ccc(C)cc3)N2)cc1. The van der Waals surface area contributed by atoms with Crippen LogP contribution in [0.3, 0.4) is 0 Å². The minimum Gasteiger partial charge on any atom is -0.315 e. The largest absolute Gasteiger partial charge is 0.315 e. The molecule has 0 bridgehead atoms. The molecule has 1 saturated heterocycles. The van der Waals surface area contributed by atoms with Crippen LogP contribution < -0.4 is 10.6 Å². The number of aryl methyl sites for hydroxylation is 2. The van der Waals surface area contributed by atoms with Gasteiger partial charge in [0.1, 0.15) is 0 Å². The molecule has 1 heterocycles. The van der Waals surface area contributed by atoms with Gasteiger partial charge in [-0.3, -0.25) is 0 Å². The smallest absolute Gasteiger partial charge is 0.0451 e. The van der Waals surface area contributed by atoms with Crippen LogP contribution in [0.4, 0.5) is 0 Å². The molecule has 0 saturated carbocycles. The maximum atomic E-state index is 3.82. The van der Waals surface area contributed by atoms with Crippen molar-refractivity contribution < 1.29 is 0 Å². The van der Waals surface area contributed by atoms with Crippen molar-refractivity contribution in [3.05, 3.63) is 70.8 Å². The maximum absolute atomic E-state index is 3.82. The van der Waals surface area contributed by atoms with Crippen LogP contribution >= 0.6 is 0 Å². The van der Waals surface area contributed by atoms with Crippen molar-refractivity contribution in [2.45, 2.75) is 32.4 Å². The van der Waals surface area contributed by atoms with Crippen LogP contribution in [0.15, 0.2) is 48.5 Å². The van der Waals surface area contributed by atoms with Gasteiger partial charge in [-0.2, -0.15) is 0 Å². The summed E-state index contributed by atoms with van der Waals surface area (Å²) < 4.78 is 0. The van der Waals surface area contributed by atoms with Crippen LogP contribution in [0.5, 0.6) is 0 Å². The molecule has 2 heteroatoms. The molecule has 0 aliphatic carbocycles. The second-order valence-electron chi connectivity index (χ2n) is 6.09. The van der Waals surface area contributed by atoms with E-state index in [1.54, 1.807) is 0 Å². The summed E-state index contributed by atoms with van der Waals surface area (Å²) in [5, 5.41) is 7.38. The van der Waals surface area contributed by atoms with E-state index in [1.165, 1.54) is 22.3 Å². The molecule has 1 aliphatic rings. The molecule has 0 amide bonds. The highest BCUT2D eigenvalue weighted by Crippen LogP contribution is 2.24. The first-order chi connectivity index (χ1) is 10.2. The molecule has 21 heavy (non-hydrogen) atoms. The minimum atomic E-state index is 0.374. The summed E-state index contributed by atoms with van der Waals surface area (Å²) in [5.74, 6) is 0. The highest BCUT2D eigenvalue weighted by molar-refractivity contribution is 5.27. The number of nitrogens with one attached hydrogen (secondary N) is 2. The van der Waals surface area contributed by atoms with E-state index in [2.05, 4.69) is 73.0 Å². The van der Waals surface area contributed by atoms with E-state index in [0.717, 1.165) is 19.5 Å². The zero-order valence-corrected chi connectivity index (χ0v) is 12.9. The van der Waals surface area contributed by atoms with Crippen molar-refractivity contribution in [3.8, 4) is 0 Å². The molecular formula is C19H24N2. The zero-order chi connectivity index (χ0) is 14.7. The van der Waals surface area contributed by atoms with E-state index in [0.29, 0.717) is 12.1 Å². The first-order valence-electron chi connectivity index (χ1n) is 7.82. The van der Waals surface area contributed by atoms with Crippen molar-refractivity contribution >= 4 is 0 Å². The van der Waals surface area contributed by atoms with Crippen molar-refractivity contribution in [1.82, 2.24) is 10.6 Å². The van der Waals surface area contributed by atoms with Gasteiger partial charge in [-0.05, 0) is 37.9 Å². The lowest BCUT2D eigenvalue weighted by Crippen LogP contribution is -2.29. The van der Waals surface area contributed by atoms with Crippen LogP contribution in [0.2, 0.25) is 0 Å². The molecule has 2 nitrogen and oxygen atoms in total. The summed E-state index contributed by atoms with van der Waals surface area (Å²) in [7, 11) is 0. The molecule has 2 atom stereocenters. The fourth-order valence-electron chi connectivity index (χ4n) is 2.95. The third kappa shape index (κ3) is 3.52. The van der Waals surface area contributed by atoms with E-state index in [-0.39, 0.29) is 0 Å². The van der Waals surface area contributed by atoms with Gasteiger partial charge in [-0.1, -0.05) is 59.7 Å². The molecular weight excluding hydrogens is 256 g/mol. The Bertz CT molecular complexity index is 518. The summed E-state index contributed by atoms with van der Waals surface area (Å²) in [6.07, 6.45) is 1.13. The lowest BCUT2D eigenvalue weighted by atomic mass is 10.00. The molecule has 0 spiro atoms. The lowest BCUT2D eigenvalue weighted by molar-refractivity contribution is 0.467. The van der Waals surface area contributed by atoms with Crippen LogP contribution in [0, 0.1) is 13.8 Å². The summed E-state index contributed by atoms with van der Waals surface area (Å²) >= 11 is 0. The molecule has 3 rings (SSSR count). The van der Waals surface area contributed by atoms with Gasteiger partial charge in [0.15, 0.2) is 0 Å². The Balaban J connectivity index is 1.80. The molecule has 2 aromatic rings. The van der Waals surface area contributed by atoms with Crippen LogP contribution in [0.25, 0.3) is 0 Å². The van der Waals surface area contributed by atoms with Gasteiger partial charge in [-0.15, -0.1) is 0 Å². The Labute approximate surface area is 127 Å². The normalized spacial score (nSPS) is 22.8. The van der Waals surface area contributed by atoms with Crippen LogP contribution in [-0.2, 0) is 0 Å². The number of hydrogen-bond acceptors (Lipinski definition) is 2. The first-order valence-corrected chi connectivity index (χ1v) is 7.82. The average Bonchev–Trinajstić information content (AvgIpc) is 2.75. The number of benzene rings is 2. The molecule has 2 aromatic carbocycles. The number of rotatable bonds is 2. The van der Waals surface area contributed by atoms with Crippen molar-refractivity contribution in [2.24, 2.45) is 0 Å². The molecule has 0 radical (unpaired) electrons. The summed E-state index contributed by atoms with van der Waals surface area (Å²) in [6.45, 7) is 6.33. The van der Waals surface area contributed by atoms with Gasteiger partial charge >= 0.3 is 0 Å². The second kappa shape index (κ2) is 6.42. The molecule has 1 aliphatic heterocycles. The molecule has 1 fully saturated rings. The molecule has 2 N–H and O–H groups in total. The van der Waals surface area contributed by atoms with Gasteiger partial charge in [0.25, 0.3) is 0 Å². The summed E-state index contributed by atoms with van der Waals surface area (Å²) in [5.41, 5.74) is 5.39. The van der Waals surface area contributed by atoms with Gasteiger partial charge in [0.2, 0.25) is 0 Å². The van der Waals surface area contributed by atoms with Gasteiger partial charge < -0.3 is 10.6 Å². The Morgan fingerprint density at radius 1 is 0.762 bits per heavy atom. The van der Waals surface area contributed by atoms with Crippen LogP contribution in [0.1, 0.15) is 40.8 Å². The van der Waals surface area contributed by atoms with Gasteiger partial charge in [0.05, 0.1) is 0 Å². The predicted octanol–water partition coefficient (Wildman–Crippen LogP) is 3.67. The maximum Gasteiger partial charge on any atom is 0.0451 e. The van der Waals surface area contributed by atoms with E-state index in [9.17, 15) is 0 Å². The molecule has 0 aromatic heterocycles. The van der Waals surface area contributed by atoms with E-state index in [4.69, 9.17) is 0 Å². The fraction of sp³-hybridized carbons (Fsp3) is 0.368. The van der Waals surface area contributed by atoms with Gasteiger partial charge in [0, 0.05) is 18.6 Å². The summed E-state index contributed by atoms with van der Waals surface area (Å²) in [4.78, 5) is 0. The van der Waals surface area contributed by atoms with Crippen LogP contribution in [-0.4, -0.2) is 13.1 Å². The number of hydrogen-bond donors (Lipinski definition) is 2.